The molecule has 1 heterocycles. The summed E-state index contributed by atoms with van der Waals surface area (Å²) in [6, 6.07) is 0. The number of hydrogen-bond acceptors (Lipinski definition) is 1. The molecule has 1 fully saturated rings. The first-order valence-electron chi connectivity index (χ1n) is 4.80. The highest BCUT2D eigenvalue weighted by molar-refractivity contribution is 4.88. The van der Waals surface area contributed by atoms with Crippen LogP contribution in [0.25, 0.3) is 0 Å². The molecular weight excluding hydrogens is 134 g/mol. The Hall–Kier alpha value is -0.0400. The lowest BCUT2D eigenvalue weighted by Gasteiger charge is -2.40. The van der Waals surface area contributed by atoms with E-state index in [4.69, 9.17) is 0 Å². The van der Waals surface area contributed by atoms with Crippen LogP contribution >= 0.6 is 0 Å². The highest BCUT2D eigenvalue weighted by atomic mass is 15.0. The molecule has 1 aliphatic heterocycles. The standard InChI is InChI=1S/C10H21N/c1-5-9-6-10(3,4)11-7-8(9)2/h8-9,11H,5-7H2,1-4H3/t8?,9-/m0/s1. The van der Waals surface area contributed by atoms with Crippen LogP contribution in [0, 0.1) is 11.8 Å². The van der Waals surface area contributed by atoms with Gasteiger partial charge in [-0.25, -0.2) is 0 Å². The van der Waals surface area contributed by atoms with Crippen molar-refractivity contribution in [3.05, 3.63) is 0 Å². The molecule has 1 rings (SSSR count). The maximum atomic E-state index is 3.57. The summed E-state index contributed by atoms with van der Waals surface area (Å²) in [5.74, 6) is 1.80. The fourth-order valence-electron chi connectivity index (χ4n) is 2.08. The second-order valence-electron chi connectivity index (χ2n) is 4.61. The maximum Gasteiger partial charge on any atom is 0.0128 e. The highest BCUT2D eigenvalue weighted by Crippen LogP contribution is 2.29. The van der Waals surface area contributed by atoms with Gasteiger partial charge in [-0.1, -0.05) is 20.3 Å². The minimum atomic E-state index is 0.382. The third-order valence-corrected chi connectivity index (χ3v) is 3.00. The molecule has 1 N–H and O–H groups in total. The van der Waals surface area contributed by atoms with Crippen LogP contribution in [-0.4, -0.2) is 12.1 Å². The van der Waals surface area contributed by atoms with E-state index in [1.54, 1.807) is 0 Å². The van der Waals surface area contributed by atoms with Crippen LogP contribution in [-0.2, 0) is 0 Å². The number of piperidine rings is 1. The molecule has 0 aliphatic carbocycles. The molecule has 0 saturated carbocycles. The largest absolute Gasteiger partial charge is 0.312 e. The van der Waals surface area contributed by atoms with Crippen molar-refractivity contribution in [2.45, 2.75) is 46.1 Å². The molecule has 1 unspecified atom stereocenters. The maximum absolute atomic E-state index is 3.57. The van der Waals surface area contributed by atoms with E-state index in [2.05, 4.69) is 33.0 Å². The molecule has 0 bridgehead atoms. The minimum absolute atomic E-state index is 0.382. The zero-order valence-electron chi connectivity index (χ0n) is 8.28. The van der Waals surface area contributed by atoms with Gasteiger partial charge in [0.15, 0.2) is 0 Å². The lowest BCUT2D eigenvalue weighted by atomic mass is 9.77. The predicted molar refractivity (Wildman–Crippen MR) is 49.6 cm³/mol. The van der Waals surface area contributed by atoms with Crippen molar-refractivity contribution >= 4 is 0 Å². The molecule has 0 aromatic carbocycles. The summed E-state index contributed by atoms with van der Waals surface area (Å²) in [5.41, 5.74) is 0.382. The van der Waals surface area contributed by atoms with Gasteiger partial charge in [0.2, 0.25) is 0 Å². The average Bonchev–Trinajstić information content (AvgIpc) is 1.94. The topological polar surface area (TPSA) is 12.0 Å². The van der Waals surface area contributed by atoms with Gasteiger partial charge in [-0.2, -0.15) is 0 Å². The second-order valence-corrected chi connectivity index (χ2v) is 4.61. The highest BCUT2D eigenvalue weighted by Gasteiger charge is 2.30. The molecule has 1 aliphatic rings. The predicted octanol–water partition coefficient (Wildman–Crippen LogP) is 2.42. The van der Waals surface area contributed by atoms with Gasteiger partial charge in [0.1, 0.15) is 0 Å². The number of nitrogens with one attached hydrogen (secondary N) is 1. The summed E-state index contributed by atoms with van der Waals surface area (Å²) in [5, 5.41) is 3.57. The molecule has 1 saturated heterocycles. The molecule has 1 nitrogen and oxygen atoms in total. The average molecular weight is 155 g/mol. The SMILES string of the molecule is CC[C@H]1CC(C)(C)NCC1C. The van der Waals surface area contributed by atoms with Gasteiger partial charge in [0, 0.05) is 5.54 Å². The molecule has 0 radical (unpaired) electrons. The third-order valence-electron chi connectivity index (χ3n) is 3.00. The Bertz CT molecular complexity index is 129. The van der Waals surface area contributed by atoms with Crippen LogP contribution in [0.1, 0.15) is 40.5 Å². The van der Waals surface area contributed by atoms with Crippen molar-refractivity contribution in [2.24, 2.45) is 11.8 Å². The Balaban J connectivity index is 2.51. The van der Waals surface area contributed by atoms with Crippen molar-refractivity contribution in [1.29, 1.82) is 0 Å². The summed E-state index contributed by atoms with van der Waals surface area (Å²) in [6.45, 7) is 10.5. The van der Waals surface area contributed by atoms with E-state index in [0.29, 0.717) is 5.54 Å². The van der Waals surface area contributed by atoms with Crippen molar-refractivity contribution in [1.82, 2.24) is 5.32 Å². The van der Waals surface area contributed by atoms with Crippen molar-refractivity contribution in [2.75, 3.05) is 6.54 Å². The third kappa shape index (κ3) is 2.19. The van der Waals surface area contributed by atoms with Crippen LogP contribution in [0.3, 0.4) is 0 Å². The Kier molecular flexibility index (Phi) is 2.58. The fourth-order valence-corrected chi connectivity index (χ4v) is 2.08. The zero-order chi connectivity index (χ0) is 8.48. The lowest BCUT2D eigenvalue weighted by Crippen LogP contribution is -2.49. The number of rotatable bonds is 1. The molecule has 1 heteroatoms. The molecule has 0 aromatic rings. The molecule has 0 amide bonds. The van der Waals surface area contributed by atoms with Gasteiger partial charge in [-0.05, 0) is 38.6 Å². The van der Waals surface area contributed by atoms with E-state index >= 15 is 0 Å². The summed E-state index contributed by atoms with van der Waals surface area (Å²) in [6.07, 6.45) is 2.68. The van der Waals surface area contributed by atoms with E-state index in [1.807, 2.05) is 0 Å². The van der Waals surface area contributed by atoms with Crippen LogP contribution in [0.4, 0.5) is 0 Å². The Morgan fingerprint density at radius 3 is 2.55 bits per heavy atom. The van der Waals surface area contributed by atoms with Crippen molar-refractivity contribution in [3.63, 3.8) is 0 Å². The van der Waals surface area contributed by atoms with Crippen LogP contribution in [0.15, 0.2) is 0 Å². The van der Waals surface area contributed by atoms with Crippen molar-refractivity contribution in [3.8, 4) is 0 Å². The van der Waals surface area contributed by atoms with Crippen LogP contribution in [0.5, 0.6) is 0 Å². The first-order chi connectivity index (χ1) is 5.05. The summed E-state index contributed by atoms with van der Waals surface area (Å²) in [7, 11) is 0. The molecular formula is C10H21N. The van der Waals surface area contributed by atoms with Gasteiger partial charge >= 0.3 is 0 Å². The van der Waals surface area contributed by atoms with E-state index < -0.39 is 0 Å². The van der Waals surface area contributed by atoms with Crippen molar-refractivity contribution < 1.29 is 0 Å². The van der Waals surface area contributed by atoms with E-state index in [-0.39, 0.29) is 0 Å². The molecule has 11 heavy (non-hydrogen) atoms. The molecule has 0 aromatic heterocycles. The van der Waals surface area contributed by atoms with Gasteiger partial charge in [0.25, 0.3) is 0 Å². The summed E-state index contributed by atoms with van der Waals surface area (Å²) in [4.78, 5) is 0. The molecule has 2 atom stereocenters. The quantitative estimate of drug-likeness (QED) is 0.613. The Morgan fingerprint density at radius 2 is 2.09 bits per heavy atom. The Labute approximate surface area is 70.6 Å². The van der Waals surface area contributed by atoms with Gasteiger partial charge < -0.3 is 5.32 Å². The number of hydrogen-bond donors (Lipinski definition) is 1. The monoisotopic (exact) mass is 155 g/mol. The Morgan fingerprint density at radius 1 is 1.45 bits per heavy atom. The van der Waals surface area contributed by atoms with Gasteiger partial charge in [0.05, 0.1) is 0 Å². The van der Waals surface area contributed by atoms with Gasteiger partial charge in [-0.15, -0.1) is 0 Å². The summed E-state index contributed by atoms with van der Waals surface area (Å²) >= 11 is 0. The van der Waals surface area contributed by atoms with Crippen LogP contribution in [0.2, 0.25) is 0 Å². The smallest absolute Gasteiger partial charge is 0.0128 e. The van der Waals surface area contributed by atoms with Crippen LogP contribution < -0.4 is 5.32 Å². The van der Waals surface area contributed by atoms with E-state index in [0.717, 1.165) is 11.8 Å². The normalized spacial score (nSPS) is 37.1. The fraction of sp³-hybridized carbons (Fsp3) is 1.00. The summed E-state index contributed by atoms with van der Waals surface area (Å²) < 4.78 is 0. The molecule has 0 spiro atoms. The minimum Gasteiger partial charge on any atom is -0.312 e. The second kappa shape index (κ2) is 3.14. The van der Waals surface area contributed by atoms with E-state index in [9.17, 15) is 0 Å². The first-order valence-corrected chi connectivity index (χ1v) is 4.80. The van der Waals surface area contributed by atoms with E-state index in [1.165, 1.54) is 19.4 Å². The van der Waals surface area contributed by atoms with Gasteiger partial charge in [-0.3, -0.25) is 0 Å². The molecule has 66 valence electrons. The first kappa shape index (κ1) is 9.05. The zero-order valence-corrected chi connectivity index (χ0v) is 8.28. The lowest BCUT2D eigenvalue weighted by molar-refractivity contribution is 0.167.